The number of nitrogens with zero attached hydrogens (tertiary/aromatic N) is 3. The number of aromatic nitrogens is 2. The number of morpholine rings is 1. The quantitative estimate of drug-likeness (QED) is 0.506. The Labute approximate surface area is 201 Å². The molecular weight excluding hydrogens is 455 g/mol. The van der Waals surface area contributed by atoms with E-state index in [4.69, 9.17) is 9.47 Å². The maximum absolute atomic E-state index is 14.3. The number of rotatable bonds is 8. The van der Waals surface area contributed by atoms with Gasteiger partial charge >= 0.3 is 5.97 Å². The van der Waals surface area contributed by atoms with Crippen LogP contribution in [0.3, 0.4) is 0 Å². The van der Waals surface area contributed by atoms with Gasteiger partial charge in [-0.05, 0) is 30.3 Å². The van der Waals surface area contributed by atoms with Crippen LogP contribution >= 0.6 is 0 Å². The van der Waals surface area contributed by atoms with Crippen LogP contribution in [0.5, 0.6) is 5.75 Å². The first kappa shape index (κ1) is 24.1. The summed E-state index contributed by atoms with van der Waals surface area (Å²) in [6, 6.07) is 11.4. The number of hydrogen-bond donors (Lipinski definition) is 2. The molecule has 0 spiro atoms. The summed E-state index contributed by atoms with van der Waals surface area (Å²) in [7, 11) is 1.51. The summed E-state index contributed by atoms with van der Waals surface area (Å²) in [6.45, 7) is 2.65. The van der Waals surface area contributed by atoms with Crippen molar-refractivity contribution in [3.63, 3.8) is 0 Å². The van der Waals surface area contributed by atoms with E-state index in [9.17, 15) is 19.1 Å². The summed E-state index contributed by atoms with van der Waals surface area (Å²) in [6.07, 6.45) is 1.18. The van der Waals surface area contributed by atoms with E-state index in [0.717, 1.165) is 5.82 Å². The molecule has 1 aliphatic heterocycles. The number of halogens is 1. The molecule has 0 bridgehead atoms. The van der Waals surface area contributed by atoms with Gasteiger partial charge in [0.15, 0.2) is 0 Å². The molecule has 0 unspecified atom stereocenters. The Kier molecular flexibility index (Phi) is 7.51. The molecule has 9 nitrogen and oxygen atoms in total. The Balaban J connectivity index is 1.63. The molecule has 2 aromatic heterocycles. The van der Waals surface area contributed by atoms with Crippen molar-refractivity contribution >= 4 is 17.7 Å². The Morgan fingerprint density at radius 2 is 1.97 bits per heavy atom. The molecule has 1 aromatic carbocycles. The fraction of sp³-hybridized carbons (Fsp3) is 0.280. The third kappa shape index (κ3) is 5.72. The zero-order valence-corrected chi connectivity index (χ0v) is 19.1. The first-order chi connectivity index (χ1) is 17.0. The van der Waals surface area contributed by atoms with E-state index in [0.29, 0.717) is 43.3 Å². The van der Waals surface area contributed by atoms with Gasteiger partial charge in [0, 0.05) is 30.4 Å². The van der Waals surface area contributed by atoms with Gasteiger partial charge in [-0.1, -0.05) is 18.2 Å². The van der Waals surface area contributed by atoms with Crippen LogP contribution in [-0.4, -0.2) is 60.4 Å². The van der Waals surface area contributed by atoms with Crippen LogP contribution in [0, 0.1) is 5.82 Å². The van der Waals surface area contributed by atoms with Crippen molar-refractivity contribution in [1.82, 2.24) is 15.3 Å². The van der Waals surface area contributed by atoms with E-state index in [1.165, 1.54) is 31.4 Å². The Morgan fingerprint density at radius 3 is 2.69 bits per heavy atom. The van der Waals surface area contributed by atoms with Crippen molar-refractivity contribution in [2.45, 2.75) is 12.5 Å². The fourth-order valence-electron chi connectivity index (χ4n) is 3.88. The average Bonchev–Trinajstić information content (AvgIpc) is 2.88. The number of ether oxygens (including phenoxy) is 2. The second kappa shape index (κ2) is 10.9. The number of carboxylic acid groups (broad SMARTS) is 1. The third-order valence-electron chi connectivity index (χ3n) is 5.63. The lowest BCUT2D eigenvalue weighted by atomic mass is 10.0. The molecule has 4 rings (SSSR count). The van der Waals surface area contributed by atoms with Gasteiger partial charge in [-0.3, -0.25) is 9.59 Å². The van der Waals surface area contributed by atoms with Crippen LogP contribution in [0.25, 0.3) is 11.3 Å². The lowest BCUT2D eigenvalue weighted by molar-refractivity contribution is -0.137. The smallest absolute Gasteiger partial charge is 0.305 e. The lowest BCUT2D eigenvalue weighted by Crippen LogP contribution is -2.36. The molecule has 3 heterocycles. The van der Waals surface area contributed by atoms with Crippen molar-refractivity contribution in [3.8, 4) is 17.0 Å². The number of pyridine rings is 2. The second-order valence-corrected chi connectivity index (χ2v) is 7.89. The molecule has 0 radical (unpaired) electrons. The molecule has 1 fully saturated rings. The van der Waals surface area contributed by atoms with Crippen molar-refractivity contribution in [2.24, 2.45) is 0 Å². The molecule has 0 aliphatic carbocycles. The first-order valence-corrected chi connectivity index (χ1v) is 11.1. The largest absolute Gasteiger partial charge is 0.494 e. The summed E-state index contributed by atoms with van der Waals surface area (Å²) < 4.78 is 25.2. The molecule has 1 saturated heterocycles. The maximum Gasteiger partial charge on any atom is 0.305 e. The molecule has 0 saturated carbocycles. The van der Waals surface area contributed by atoms with Gasteiger partial charge in [0.05, 0.1) is 32.8 Å². The zero-order chi connectivity index (χ0) is 24.8. The monoisotopic (exact) mass is 480 g/mol. The van der Waals surface area contributed by atoms with E-state index in [1.54, 1.807) is 24.4 Å². The number of benzene rings is 1. The number of methoxy groups -OCH3 is 1. The molecule has 2 N–H and O–H groups in total. The minimum atomic E-state index is -1.17. The van der Waals surface area contributed by atoms with E-state index in [2.05, 4.69) is 20.2 Å². The van der Waals surface area contributed by atoms with E-state index in [1.807, 2.05) is 6.07 Å². The van der Waals surface area contributed by atoms with Crippen LogP contribution in [0.4, 0.5) is 10.2 Å². The average molecular weight is 480 g/mol. The molecule has 3 aromatic rings. The summed E-state index contributed by atoms with van der Waals surface area (Å²) in [5.41, 5.74) is 1.25. The number of carboxylic acids is 1. The number of aliphatic carboxylic acids is 1. The summed E-state index contributed by atoms with van der Waals surface area (Å²) in [5, 5.41) is 11.9. The molecule has 1 atom stereocenters. The van der Waals surface area contributed by atoms with Crippen LogP contribution in [-0.2, 0) is 9.53 Å². The number of amides is 1. The van der Waals surface area contributed by atoms with Crippen LogP contribution in [0.1, 0.15) is 28.5 Å². The van der Waals surface area contributed by atoms with Gasteiger partial charge in [0.1, 0.15) is 28.8 Å². The van der Waals surface area contributed by atoms with Crippen LogP contribution < -0.4 is 15.0 Å². The molecule has 35 heavy (non-hydrogen) atoms. The van der Waals surface area contributed by atoms with Crippen LogP contribution in [0.2, 0.25) is 0 Å². The van der Waals surface area contributed by atoms with Gasteiger partial charge < -0.3 is 24.8 Å². The second-order valence-electron chi connectivity index (χ2n) is 7.89. The van der Waals surface area contributed by atoms with Gasteiger partial charge in [-0.2, -0.15) is 0 Å². The van der Waals surface area contributed by atoms with Gasteiger partial charge in [0.2, 0.25) is 0 Å². The predicted octanol–water partition coefficient (Wildman–Crippen LogP) is 3.07. The van der Waals surface area contributed by atoms with Gasteiger partial charge in [0.25, 0.3) is 5.91 Å². The normalized spacial score (nSPS) is 14.3. The molecular formula is C25H25FN4O5. The number of anilines is 1. The first-order valence-electron chi connectivity index (χ1n) is 11.1. The zero-order valence-electron chi connectivity index (χ0n) is 19.1. The highest BCUT2D eigenvalue weighted by molar-refractivity contribution is 5.94. The van der Waals surface area contributed by atoms with E-state index >= 15 is 0 Å². The number of carbonyl (C=O) groups is 2. The summed E-state index contributed by atoms with van der Waals surface area (Å²) in [4.78, 5) is 35.5. The minimum Gasteiger partial charge on any atom is -0.494 e. The summed E-state index contributed by atoms with van der Waals surface area (Å²) in [5.74, 6) is -1.20. The van der Waals surface area contributed by atoms with E-state index in [-0.39, 0.29) is 11.3 Å². The van der Waals surface area contributed by atoms with Crippen molar-refractivity contribution < 1.29 is 28.6 Å². The topological polar surface area (TPSA) is 114 Å². The highest BCUT2D eigenvalue weighted by Gasteiger charge is 2.23. The van der Waals surface area contributed by atoms with Crippen molar-refractivity contribution in [1.29, 1.82) is 0 Å². The standard InChI is InChI=1S/C25H25FN4O5/c1-34-21-7-6-19(25(33)29-20(15-23(31)32)17-4-2-3-5-18(17)26)28-24(21)16-8-9-27-22(14-16)30-10-12-35-13-11-30/h2-9,14,20H,10-13,15H2,1H3,(H,29,33)(H,31,32)/t20-/m0/s1. The molecule has 1 amide bonds. The maximum atomic E-state index is 14.3. The summed E-state index contributed by atoms with van der Waals surface area (Å²) >= 11 is 0. The van der Waals surface area contributed by atoms with Gasteiger partial charge in [-0.15, -0.1) is 0 Å². The number of hydrogen-bond acceptors (Lipinski definition) is 7. The van der Waals surface area contributed by atoms with Crippen molar-refractivity contribution in [2.75, 3.05) is 38.3 Å². The van der Waals surface area contributed by atoms with Crippen molar-refractivity contribution in [3.05, 3.63) is 71.8 Å². The minimum absolute atomic E-state index is 0.0391. The third-order valence-corrected chi connectivity index (χ3v) is 5.63. The Morgan fingerprint density at radius 1 is 1.20 bits per heavy atom. The lowest BCUT2D eigenvalue weighted by Gasteiger charge is -2.28. The Bertz CT molecular complexity index is 1220. The molecule has 10 heteroatoms. The molecule has 1 aliphatic rings. The fourth-order valence-corrected chi connectivity index (χ4v) is 3.88. The highest BCUT2D eigenvalue weighted by atomic mass is 19.1. The SMILES string of the molecule is COc1ccc(C(=O)N[C@@H](CC(=O)O)c2ccccc2F)nc1-c1ccnc(N2CCOCC2)c1. The molecule has 182 valence electrons. The predicted molar refractivity (Wildman–Crippen MR) is 126 cm³/mol. The highest BCUT2D eigenvalue weighted by Crippen LogP contribution is 2.30. The van der Waals surface area contributed by atoms with Gasteiger partial charge in [-0.25, -0.2) is 14.4 Å². The number of carbonyl (C=O) groups excluding carboxylic acids is 1. The van der Waals surface area contributed by atoms with E-state index < -0.39 is 30.2 Å². The Hall–Kier alpha value is -4.05. The number of nitrogens with one attached hydrogen (secondary N) is 1. The van der Waals surface area contributed by atoms with Crippen LogP contribution in [0.15, 0.2) is 54.7 Å².